The monoisotopic (exact) mass is 413 g/mol. The van der Waals surface area contributed by atoms with E-state index in [2.05, 4.69) is 12.2 Å². The Morgan fingerprint density at radius 2 is 2.07 bits per heavy atom. The van der Waals surface area contributed by atoms with Crippen molar-refractivity contribution in [2.24, 2.45) is 7.05 Å². The lowest BCUT2D eigenvalue weighted by molar-refractivity contribution is -0.115. The van der Waals surface area contributed by atoms with Crippen LogP contribution in [0.15, 0.2) is 34.2 Å². The molecule has 1 aliphatic rings. The van der Waals surface area contributed by atoms with Gasteiger partial charge in [-0.25, -0.2) is 4.98 Å². The SMILES string of the molecule is CCc1ccc(NC(=O)C(C)Sc2nc3sc4c(c3c(=O)n2C)CCC4)cc1. The lowest BCUT2D eigenvalue weighted by Crippen LogP contribution is -2.25. The maximum Gasteiger partial charge on any atom is 0.262 e. The number of nitrogens with zero attached hydrogens (tertiary/aromatic N) is 2. The van der Waals surface area contributed by atoms with Crippen molar-refractivity contribution >= 4 is 44.9 Å². The molecule has 2 aromatic heterocycles. The molecule has 0 bridgehead atoms. The van der Waals surface area contributed by atoms with Gasteiger partial charge in [0.25, 0.3) is 5.56 Å². The van der Waals surface area contributed by atoms with Gasteiger partial charge in [-0.2, -0.15) is 0 Å². The molecule has 2 heterocycles. The summed E-state index contributed by atoms with van der Waals surface area (Å²) in [6.45, 7) is 3.94. The van der Waals surface area contributed by atoms with Crippen LogP contribution in [0.3, 0.4) is 0 Å². The molecule has 0 fully saturated rings. The van der Waals surface area contributed by atoms with Crippen molar-refractivity contribution in [3.8, 4) is 0 Å². The molecule has 1 atom stereocenters. The van der Waals surface area contributed by atoms with Crippen LogP contribution in [0.1, 0.15) is 36.3 Å². The number of thiophene rings is 1. The molecule has 4 rings (SSSR count). The van der Waals surface area contributed by atoms with Crippen LogP contribution in [0.25, 0.3) is 10.2 Å². The maximum atomic E-state index is 12.9. The number of aromatic nitrogens is 2. The highest BCUT2D eigenvalue weighted by molar-refractivity contribution is 8.00. The van der Waals surface area contributed by atoms with E-state index in [4.69, 9.17) is 4.98 Å². The number of anilines is 1. The normalized spacial score (nSPS) is 14.2. The van der Waals surface area contributed by atoms with E-state index in [9.17, 15) is 9.59 Å². The maximum absolute atomic E-state index is 12.9. The number of amides is 1. The van der Waals surface area contributed by atoms with Crippen molar-refractivity contribution in [3.05, 3.63) is 50.6 Å². The van der Waals surface area contributed by atoms with Crippen molar-refractivity contribution < 1.29 is 4.79 Å². The Hall–Kier alpha value is -2.12. The van der Waals surface area contributed by atoms with Gasteiger partial charge in [0, 0.05) is 17.6 Å². The second-order valence-electron chi connectivity index (χ2n) is 7.10. The highest BCUT2D eigenvalue weighted by atomic mass is 32.2. The highest BCUT2D eigenvalue weighted by Crippen LogP contribution is 2.35. The molecule has 1 unspecified atom stereocenters. The molecule has 0 aliphatic heterocycles. The van der Waals surface area contributed by atoms with Gasteiger partial charge in [0.15, 0.2) is 5.16 Å². The Morgan fingerprint density at radius 1 is 1.32 bits per heavy atom. The van der Waals surface area contributed by atoms with Crippen LogP contribution in [-0.2, 0) is 31.1 Å². The molecule has 1 aromatic carbocycles. The number of fused-ring (bicyclic) bond motifs is 3. The fourth-order valence-corrected chi connectivity index (χ4v) is 5.67. The predicted molar refractivity (Wildman–Crippen MR) is 117 cm³/mol. The summed E-state index contributed by atoms with van der Waals surface area (Å²) in [5, 5.41) is 3.94. The summed E-state index contributed by atoms with van der Waals surface area (Å²) >= 11 is 2.95. The van der Waals surface area contributed by atoms with Crippen molar-refractivity contribution in [1.82, 2.24) is 9.55 Å². The van der Waals surface area contributed by atoms with Gasteiger partial charge in [-0.1, -0.05) is 30.8 Å². The molecule has 3 aromatic rings. The van der Waals surface area contributed by atoms with E-state index in [1.165, 1.54) is 27.8 Å². The van der Waals surface area contributed by atoms with E-state index in [1.54, 1.807) is 23.0 Å². The summed E-state index contributed by atoms with van der Waals surface area (Å²) in [6, 6.07) is 7.87. The Balaban J connectivity index is 1.54. The first-order chi connectivity index (χ1) is 13.5. The van der Waals surface area contributed by atoms with Crippen LogP contribution < -0.4 is 10.9 Å². The first-order valence-electron chi connectivity index (χ1n) is 9.55. The number of hydrogen-bond acceptors (Lipinski definition) is 5. The van der Waals surface area contributed by atoms with Crippen LogP contribution in [0.2, 0.25) is 0 Å². The fourth-order valence-electron chi connectivity index (χ4n) is 3.49. The Bertz CT molecular complexity index is 1100. The number of carbonyl (C=O) groups excluding carboxylic acids is 1. The van der Waals surface area contributed by atoms with Gasteiger partial charge in [-0.3, -0.25) is 14.2 Å². The van der Waals surface area contributed by atoms with E-state index < -0.39 is 0 Å². The molecule has 7 heteroatoms. The number of aryl methyl sites for hydroxylation is 3. The van der Waals surface area contributed by atoms with Gasteiger partial charge in [-0.15, -0.1) is 11.3 Å². The molecule has 28 heavy (non-hydrogen) atoms. The predicted octanol–water partition coefficient (Wildman–Crippen LogP) is 4.17. The van der Waals surface area contributed by atoms with E-state index in [0.717, 1.165) is 41.6 Å². The van der Waals surface area contributed by atoms with Gasteiger partial charge < -0.3 is 5.32 Å². The zero-order valence-electron chi connectivity index (χ0n) is 16.2. The zero-order chi connectivity index (χ0) is 19.8. The van der Waals surface area contributed by atoms with Gasteiger partial charge in [-0.05, 0) is 55.9 Å². The lowest BCUT2D eigenvalue weighted by atomic mass is 10.1. The molecule has 1 aliphatic carbocycles. The van der Waals surface area contributed by atoms with Gasteiger partial charge >= 0.3 is 0 Å². The number of thioether (sulfide) groups is 1. The third kappa shape index (κ3) is 3.49. The molecule has 0 saturated carbocycles. The van der Waals surface area contributed by atoms with Crippen LogP contribution in [-0.4, -0.2) is 20.7 Å². The summed E-state index contributed by atoms with van der Waals surface area (Å²) in [7, 11) is 1.74. The smallest absolute Gasteiger partial charge is 0.262 e. The van der Waals surface area contributed by atoms with E-state index >= 15 is 0 Å². The van der Waals surface area contributed by atoms with Crippen LogP contribution in [0.4, 0.5) is 5.69 Å². The minimum atomic E-state index is -0.367. The average Bonchev–Trinajstić information content (AvgIpc) is 3.27. The third-order valence-corrected chi connectivity index (χ3v) is 7.52. The lowest BCUT2D eigenvalue weighted by Gasteiger charge is -2.14. The first-order valence-corrected chi connectivity index (χ1v) is 11.2. The molecular weight excluding hydrogens is 390 g/mol. The quantitative estimate of drug-likeness (QED) is 0.504. The number of carbonyl (C=O) groups is 1. The number of rotatable bonds is 5. The zero-order valence-corrected chi connectivity index (χ0v) is 17.9. The molecule has 1 amide bonds. The Morgan fingerprint density at radius 3 is 2.79 bits per heavy atom. The summed E-state index contributed by atoms with van der Waals surface area (Å²) in [4.78, 5) is 32.3. The summed E-state index contributed by atoms with van der Waals surface area (Å²) < 4.78 is 1.58. The minimum Gasteiger partial charge on any atom is -0.325 e. The van der Waals surface area contributed by atoms with E-state index in [1.807, 2.05) is 31.2 Å². The standard InChI is InChI=1S/C21H23N3O2S2/c1-4-13-8-10-14(11-9-13)22-18(25)12(2)27-21-23-19-17(20(26)24(21)3)15-6-5-7-16(15)28-19/h8-12H,4-7H2,1-3H3,(H,22,25). The number of hydrogen-bond donors (Lipinski definition) is 1. The van der Waals surface area contributed by atoms with Crippen LogP contribution in [0.5, 0.6) is 0 Å². The second kappa shape index (κ2) is 7.72. The van der Waals surface area contributed by atoms with Gasteiger partial charge in [0.2, 0.25) is 5.91 Å². The Kier molecular flexibility index (Phi) is 5.29. The van der Waals surface area contributed by atoms with Gasteiger partial charge in [0.1, 0.15) is 4.83 Å². The van der Waals surface area contributed by atoms with Crippen molar-refractivity contribution in [3.63, 3.8) is 0 Å². The molecule has 1 N–H and O–H groups in total. The summed E-state index contributed by atoms with van der Waals surface area (Å²) in [6.07, 6.45) is 4.09. The largest absolute Gasteiger partial charge is 0.325 e. The van der Waals surface area contributed by atoms with E-state index in [0.29, 0.717) is 5.16 Å². The number of benzene rings is 1. The molecule has 0 radical (unpaired) electrons. The van der Waals surface area contributed by atoms with Crippen molar-refractivity contribution in [1.29, 1.82) is 0 Å². The molecule has 0 saturated heterocycles. The van der Waals surface area contributed by atoms with E-state index in [-0.39, 0.29) is 16.7 Å². The molecular formula is C21H23N3O2S2. The van der Waals surface area contributed by atoms with Gasteiger partial charge in [0.05, 0.1) is 10.6 Å². The highest BCUT2D eigenvalue weighted by Gasteiger charge is 2.24. The van der Waals surface area contributed by atoms with Crippen LogP contribution >= 0.6 is 23.1 Å². The van der Waals surface area contributed by atoms with Crippen molar-refractivity contribution in [2.75, 3.05) is 5.32 Å². The second-order valence-corrected chi connectivity index (χ2v) is 9.49. The third-order valence-electron chi connectivity index (χ3n) is 5.19. The number of nitrogens with one attached hydrogen (secondary N) is 1. The summed E-state index contributed by atoms with van der Waals surface area (Å²) in [5.74, 6) is -0.0998. The van der Waals surface area contributed by atoms with Crippen molar-refractivity contribution in [2.45, 2.75) is 49.9 Å². The summed E-state index contributed by atoms with van der Waals surface area (Å²) in [5.41, 5.74) is 3.19. The fraction of sp³-hybridized carbons (Fsp3) is 0.381. The first kappa shape index (κ1) is 19.2. The molecule has 0 spiro atoms. The van der Waals surface area contributed by atoms with Crippen LogP contribution in [0, 0.1) is 0 Å². The topological polar surface area (TPSA) is 64.0 Å². The minimum absolute atomic E-state index is 0.00494. The average molecular weight is 414 g/mol. The molecule has 146 valence electrons. The Labute approximate surface area is 172 Å². The molecule has 5 nitrogen and oxygen atoms in total.